The van der Waals surface area contributed by atoms with Crippen LogP contribution in [0.15, 0.2) is 29.6 Å². The lowest BCUT2D eigenvalue weighted by Gasteiger charge is -2.08. The summed E-state index contributed by atoms with van der Waals surface area (Å²) in [6.07, 6.45) is 0.0127. The van der Waals surface area contributed by atoms with Crippen molar-refractivity contribution in [1.29, 1.82) is 0 Å². The minimum atomic E-state index is -0.933. The number of carboxylic acid groups (broad SMARTS) is 1. The van der Waals surface area contributed by atoms with Gasteiger partial charge < -0.3 is 15.2 Å². The number of nitrogens with zero attached hydrogens (tertiary/aromatic N) is 1. The predicted octanol–water partition coefficient (Wildman–Crippen LogP) is 1.64. The molecule has 0 radical (unpaired) electrons. The fourth-order valence-electron chi connectivity index (χ4n) is 1.91. The SMILES string of the molecule is COc1ccccc1CNC(=O)Cc1nc(CC(=O)O)cs1. The lowest BCUT2D eigenvalue weighted by Crippen LogP contribution is -2.24. The van der Waals surface area contributed by atoms with E-state index in [0.717, 1.165) is 11.3 Å². The van der Waals surface area contributed by atoms with Gasteiger partial charge in [-0.25, -0.2) is 4.98 Å². The Balaban J connectivity index is 1.87. The molecule has 1 aromatic heterocycles. The van der Waals surface area contributed by atoms with Crippen LogP contribution in [0.25, 0.3) is 0 Å². The Morgan fingerprint density at radius 3 is 2.82 bits per heavy atom. The Morgan fingerprint density at radius 1 is 1.32 bits per heavy atom. The standard InChI is InChI=1S/C15H16N2O4S/c1-21-12-5-3-2-4-10(12)8-16-13(18)7-14-17-11(9-22-14)6-15(19)20/h2-5,9H,6-8H2,1H3,(H,16,18)(H,19,20). The van der Waals surface area contributed by atoms with E-state index in [2.05, 4.69) is 10.3 Å². The van der Waals surface area contributed by atoms with Gasteiger partial charge in [0.05, 0.1) is 25.6 Å². The first-order valence-corrected chi connectivity index (χ1v) is 7.50. The zero-order chi connectivity index (χ0) is 15.9. The van der Waals surface area contributed by atoms with Gasteiger partial charge in [0.25, 0.3) is 0 Å². The monoisotopic (exact) mass is 320 g/mol. The number of amides is 1. The van der Waals surface area contributed by atoms with Crippen molar-refractivity contribution in [3.8, 4) is 5.75 Å². The average Bonchev–Trinajstić information content (AvgIpc) is 2.91. The van der Waals surface area contributed by atoms with Gasteiger partial charge in [0.1, 0.15) is 10.8 Å². The maximum atomic E-state index is 11.9. The molecule has 2 N–H and O–H groups in total. The topological polar surface area (TPSA) is 88.5 Å². The number of para-hydroxylation sites is 1. The minimum Gasteiger partial charge on any atom is -0.496 e. The number of carbonyl (C=O) groups is 2. The van der Waals surface area contributed by atoms with Gasteiger partial charge in [-0.05, 0) is 6.07 Å². The molecule has 0 saturated carbocycles. The Kier molecular flexibility index (Phi) is 5.48. The number of hydrogen-bond acceptors (Lipinski definition) is 5. The van der Waals surface area contributed by atoms with E-state index in [9.17, 15) is 9.59 Å². The number of nitrogens with one attached hydrogen (secondary N) is 1. The summed E-state index contributed by atoms with van der Waals surface area (Å²) in [7, 11) is 1.58. The van der Waals surface area contributed by atoms with E-state index in [4.69, 9.17) is 9.84 Å². The first-order valence-electron chi connectivity index (χ1n) is 6.62. The van der Waals surface area contributed by atoms with Crippen LogP contribution in [0, 0.1) is 0 Å². The summed E-state index contributed by atoms with van der Waals surface area (Å²) in [5, 5.41) is 13.8. The summed E-state index contributed by atoms with van der Waals surface area (Å²) in [5.41, 5.74) is 1.37. The Hall–Kier alpha value is -2.41. The number of benzene rings is 1. The first kappa shape index (κ1) is 16.0. The van der Waals surface area contributed by atoms with E-state index in [1.807, 2.05) is 24.3 Å². The highest BCUT2D eigenvalue weighted by Crippen LogP contribution is 2.17. The van der Waals surface area contributed by atoms with Crippen LogP contribution >= 0.6 is 11.3 Å². The molecule has 116 valence electrons. The lowest BCUT2D eigenvalue weighted by molar-refractivity contribution is -0.136. The molecular formula is C15H16N2O4S. The molecule has 0 aliphatic heterocycles. The smallest absolute Gasteiger partial charge is 0.309 e. The number of carbonyl (C=O) groups excluding carboxylic acids is 1. The summed E-state index contributed by atoms with van der Waals surface area (Å²) in [6, 6.07) is 7.46. The molecule has 1 aromatic carbocycles. The summed E-state index contributed by atoms with van der Waals surface area (Å²) >= 11 is 1.29. The van der Waals surface area contributed by atoms with Crippen molar-refractivity contribution in [2.24, 2.45) is 0 Å². The maximum Gasteiger partial charge on any atom is 0.309 e. The van der Waals surface area contributed by atoms with E-state index >= 15 is 0 Å². The molecule has 0 unspecified atom stereocenters. The highest BCUT2D eigenvalue weighted by atomic mass is 32.1. The van der Waals surface area contributed by atoms with Crippen molar-refractivity contribution in [1.82, 2.24) is 10.3 Å². The molecule has 0 aliphatic rings. The normalized spacial score (nSPS) is 10.2. The van der Waals surface area contributed by atoms with Crippen LogP contribution in [0.3, 0.4) is 0 Å². The molecule has 2 aromatic rings. The molecular weight excluding hydrogens is 304 g/mol. The van der Waals surface area contributed by atoms with Gasteiger partial charge in [-0.3, -0.25) is 9.59 Å². The highest BCUT2D eigenvalue weighted by molar-refractivity contribution is 7.09. The third-order valence-corrected chi connectivity index (χ3v) is 3.81. The summed E-state index contributed by atoms with van der Waals surface area (Å²) < 4.78 is 5.22. The van der Waals surface area contributed by atoms with E-state index in [0.29, 0.717) is 17.2 Å². The highest BCUT2D eigenvalue weighted by Gasteiger charge is 2.10. The second-order valence-corrected chi connectivity index (χ2v) is 5.51. The van der Waals surface area contributed by atoms with E-state index < -0.39 is 5.97 Å². The van der Waals surface area contributed by atoms with Gasteiger partial charge in [-0.1, -0.05) is 18.2 Å². The van der Waals surface area contributed by atoms with Gasteiger partial charge in [-0.15, -0.1) is 11.3 Å². The number of carboxylic acids is 1. The molecule has 22 heavy (non-hydrogen) atoms. The number of aromatic nitrogens is 1. The molecule has 0 saturated heterocycles. The van der Waals surface area contributed by atoms with Gasteiger partial charge in [-0.2, -0.15) is 0 Å². The molecule has 2 rings (SSSR count). The van der Waals surface area contributed by atoms with Crippen LogP contribution in [0.5, 0.6) is 5.75 Å². The fraction of sp³-hybridized carbons (Fsp3) is 0.267. The molecule has 0 spiro atoms. The lowest BCUT2D eigenvalue weighted by atomic mass is 10.2. The van der Waals surface area contributed by atoms with Gasteiger partial charge >= 0.3 is 5.97 Å². The second-order valence-electron chi connectivity index (χ2n) is 4.57. The number of ether oxygens (including phenoxy) is 1. The van der Waals surface area contributed by atoms with Crippen molar-refractivity contribution >= 4 is 23.2 Å². The Labute approximate surface area is 131 Å². The van der Waals surface area contributed by atoms with Gasteiger partial charge in [0.2, 0.25) is 5.91 Å². The van der Waals surface area contributed by atoms with E-state index in [-0.39, 0.29) is 18.7 Å². The van der Waals surface area contributed by atoms with Crippen LogP contribution in [0.4, 0.5) is 0 Å². The van der Waals surface area contributed by atoms with Crippen molar-refractivity contribution in [3.63, 3.8) is 0 Å². The molecule has 1 heterocycles. The number of hydrogen-bond donors (Lipinski definition) is 2. The quantitative estimate of drug-likeness (QED) is 0.809. The van der Waals surface area contributed by atoms with Crippen molar-refractivity contribution in [2.75, 3.05) is 7.11 Å². The van der Waals surface area contributed by atoms with E-state index in [1.165, 1.54) is 11.3 Å². The summed E-state index contributed by atoms with van der Waals surface area (Å²) in [6.45, 7) is 0.371. The number of thiazole rings is 1. The van der Waals surface area contributed by atoms with E-state index in [1.54, 1.807) is 12.5 Å². The number of methoxy groups -OCH3 is 1. The zero-order valence-corrected chi connectivity index (χ0v) is 12.9. The first-order chi connectivity index (χ1) is 10.6. The van der Waals surface area contributed by atoms with Gasteiger partial charge in [0.15, 0.2) is 0 Å². The molecule has 0 bridgehead atoms. The number of aliphatic carboxylic acids is 1. The fourth-order valence-corrected chi connectivity index (χ4v) is 2.70. The molecule has 1 amide bonds. The predicted molar refractivity (Wildman–Crippen MR) is 82.0 cm³/mol. The van der Waals surface area contributed by atoms with Crippen LogP contribution < -0.4 is 10.1 Å². The van der Waals surface area contributed by atoms with Crippen molar-refractivity contribution in [3.05, 3.63) is 45.9 Å². The summed E-state index contributed by atoms with van der Waals surface area (Å²) in [5.74, 6) is -0.375. The number of rotatable bonds is 7. The Bertz CT molecular complexity index is 669. The summed E-state index contributed by atoms with van der Waals surface area (Å²) in [4.78, 5) is 26.6. The van der Waals surface area contributed by atoms with Crippen LogP contribution in [-0.4, -0.2) is 29.1 Å². The molecule has 7 heteroatoms. The van der Waals surface area contributed by atoms with Crippen LogP contribution in [0.2, 0.25) is 0 Å². The molecule has 0 atom stereocenters. The third kappa shape index (κ3) is 4.56. The molecule has 0 aliphatic carbocycles. The average molecular weight is 320 g/mol. The Morgan fingerprint density at radius 2 is 2.09 bits per heavy atom. The van der Waals surface area contributed by atoms with Crippen molar-refractivity contribution < 1.29 is 19.4 Å². The second kappa shape index (κ2) is 7.56. The third-order valence-electron chi connectivity index (χ3n) is 2.91. The maximum absolute atomic E-state index is 11.9. The van der Waals surface area contributed by atoms with Crippen LogP contribution in [0.1, 0.15) is 16.3 Å². The van der Waals surface area contributed by atoms with Crippen molar-refractivity contribution in [2.45, 2.75) is 19.4 Å². The van der Waals surface area contributed by atoms with Crippen LogP contribution in [-0.2, 0) is 29.0 Å². The van der Waals surface area contributed by atoms with Gasteiger partial charge in [0, 0.05) is 17.5 Å². The molecule has 0 fully saturated rings. The molecule has 6 nitrogen and oxygen atoms in total. The minimum absolute atomic E-state index is 0.126. The zero-order valence-electron chi connectivity index (χ0n) is 12.0. The largest absolute Gasteiger partial charge is 0.496 e.